The molecule has 1 aliphatic rings. The Kier molecular flexibility index (Phi) is 3.99. The maximum atomic E-state index is 12.8. The summed E-state index contributed by atoms with van der Waals surface area (Å²) in [4.78, 5) is 0. The van der Waals surface area contributed by atoms with Crippen LogP contribution in [-0.4, -0.2) is 26.9 Å². The van der Waals surface area contributed by atoms with Gasteiger partial charge in [0.1, 0.15) is 5.82 Å². The SMILES string of the molecule is NS(=O)(=O)[C@H]1CCOC[C@H]1Cc1ccc(F)cc1. The molecule has 0 aromatic heterocycles. The van der Waals surface area contributed by atoms with Crippen molar-refractivity contribution in [1.29, 1.82) is 0 Å². The predicted octanol–water partition coefficient (Wildman–Crippen LogP) is 1.06. The van der Waals surface area contributed by atoms with E-state index in [9.17, 15) is 12.8 Å². The minimum Gasteiger partial charge on any atom is -0.381 e. The highest BCUT2D eigenvalue weighted by Crippen LogP contribution is 2.24. The molecule has 1 saturated heterocycles. The van der Waals surface area contributed by atoms with Crippen LogP contribution in [0.5, 0.6) is 0 Å². The van der Waals surface area contributed by atoms with E-state index in [4.69, 9.17) is 9.88 Å². The molecule has 2 rings (SSSR count). The summed E-state index contributed by atoms with van der Waals surface area (Å²) in [6.07, 6.45) is 0.950. The number of rotatable bonds is 3. The van der Waals surface area contributed by atoms with Crippen molar-refractivity contribution in [3.8, 4) is 0 Å². The van der Waals surface area contributed by atoms with Crippen molar-refractivity contribution in [3.05, 3.63) is 35.6 Å². The number of benzene rings is 1. The Morgan fingerprint density at radius 2 is 2.00 bits per heavy atom. The van der Waals surface area contributed by atoms with E-state index in [-0.39, 0.29) is 11.7 Å². The Morgan fingerprint density at radius 3 is 2.61 bits per heavy atom. The van der Waals surface area contributed by atoms with Gasteiger partial charge in [-0.2, -0.15) is 0 Å². The molecular weight excluding hydrogens is 257 g/mol. The third-order valence-electron chi connectivity index (χ3n) is 3.24. The summed E-state index contributed by atoms with van der Waals surface area (Å²) in [5.74, 6) is -0.471. The quantitative estimate of drug-likeness (QED) is 0.895. The van der Waals surface area contributed by atoms with Crippen LogP contribution in [0, 0.1) is 11.7 Å². The van der Waals surface area contributed by atoms with Crippen LogP contribution in [0.1, 0.15) is 12.0 Å². The van der Waals surface area contributed by atoms with E-state index >= 15 is 0 Å². The van der Waals surface area contributed by atoms with Gasteiger partial charge in [0.2, 0.25) is 10.0 Å². The molecule has 0 radical (unpaired) electrons. The summed E-state index contributed by atoms with van der Waals surface area (Å²) in [6, 6.07) is 6.05. The van der Waals surface area contributed by atoms with Crippen LogP contribution in [0.3, 0.4) is 0 Å². The molecule has 1 fully saturated rings. The number of primary sulfonamides is 1. The molecule has 4 nitrogen and oxygen atoms in total. The van der Waals surface area contributed by atoms with Crippen LogP contribution < -0.4 is 5.14 Å². The van der Waals surface area contributed by atoms with Crippen LogP contribution in [0.4, 0.5) is 4.39 Å². The smallest absolute Gasteiger partial charge is 0.212 e. The third-order valence-corrected chi connectivity index (χ3v) is 4.70. The van der Waals surface area contributed by atoms with Gasteiger partial charge in [-0.1, -0.05) is 12.1 Å². The Balaban J connectivity index is 2.13. The van der Waals surface area contributed by atoms with E-state index in [1.54, 1.807) is 12.1 Å². The molecule has 1 aromatic carbocycles. The largest absolute Gasteiger partial charge is 0.381 e. The maximum Gasteiger partial charge on any atom is 0.212 e. The molecule has 0 bridgehead atoms. The van der Waals surface area contributed by atoms with Gasteiger partial charge in [0.15, 0.2) is 0 Å². The average molecular weight is 273 g/mol. The number of nitrogens with two attached hydrogens (primary N) is 1. The van der Waals surface area contributed by atoms with Gasteiger partial charge in [0.05, 0.1) is 11.9 Å². The second-order valence-electron chi connectivity index (χ2n) is 4.58. The zero-order chi connectivity index (χ0) is 13.2. The molecule has 1 heterocycles. The summed E-state index contributed by atoms with van der Waals surface area (Å²) in [5.41, 5.74) is 0.889. The first-order valence-corrected chi connectivity index (χ1v) is 7.41. The van der Waals surface area contributed by atoms with Crippen LogP contribution in [0.15, 0.2) is 24.3 Å². The van der Waals surface area contributed by atoms with Gasteiger partial charge >= 0.3 is 0 Å². The summed E-state index contributed by atoms with van der Waals surface area (Å²) in [5, 5.41) is 4.66. The van der Waals surface area contributed by atoms with Crippen molar-refractivity contribution in [2.24, 2.45) is 11.1 Å². The van der Waals surface area contributed by atoms with E-state index in [1.807, 2.05) is 0 Å². The lowest BCUT2D eigenvalue weighted by molar-refractivity contribution is 0.0572. The summed E-state index contributed by atoms with van der Waals surface area (Å²) >= 11 is 0. The van der Waals surface area contributed by atoms with Crippen LogP contribution >= 0.6 is 0 Å². The van der Waals surface area contributed by atoms with Gasteiger partial charge < -0.3 is 4.74 Å². The van der Waals surface area contributed by atoms with Crippen molar-refractivity contribution in [2.45, 2.75) is 18.1 Å². The lowest BCUT2D eigenvalue weighted by Crippen LogP contribution is -2.42. The second kappa shape index (κ2) is 5.34. The van der Waals surface area contributed by atoms with Crippen LogP contribution in [0.2, 0.25) is 0 Å². The summed E-state index contributed by atoms with van der Waals surface area (Å²) in [6.45, 7) is 0.791. The average Bonchev–Trinajstić information content (AvgIpc) is 2.31. The highest BCUT2D eigenvalue weighted by molar-refractivity contribution is 7.89. The fourth-order valence-corrected chi connectivity index (χ4v) is 3.46. The molecule has 18 heavy (non-hydrogen) atoms. The highest BCUT2D eigenvalue weighted by Gasteiger charge is 2.33. The zero-order valence-corrected chi connectivity index (χ0v) is 10.7. The number of hydrogen-bond donors (Lipinski definition) is 1. The van der Waals surface area contributed by atoms with Gasteiger partial charge in [-0.15, -0.1) is 0 Å². The number of hydrogen-bond acceptors (Lipinski definition) is 3. The third kappa shape index (κ3) is 3.28. The summed E-state index contributed by atoms with van der Waals surface area (Å²) < 4.78 is 41.1. The molecule has 100 valence electrons. The molecule has 1 aromatic rings. The molecule has 0 aliphatic carbocycles. The Hall–Kier alpha value is -0.980. The Labute approximate surface area is 106 Å². The Bertz CT molecular complexity index is 501. The standard InChI is InChI=1S/C12H16FNO3S/c13-11-3-1-9(2-4-11)7-10-8-17-6-5-12(10)18(14,15)16/h1-4,10,12H,5-8H2,(H2,14,15,16)/t10-,12+/m1/s1. The van der Waals surface area contributed by atoms with Crippen molar-refractivity contribution in [1.82, 2.24) is 0 Å². The first-order chi connectivity index (χ1) is 8.47. The number of halogens is 1. The fraction of sp³-hybridized carbons (Fsp3) is 0.500. The van der Waals surface area contributed by atoms with E-state index in [2.05, 4.69) is 0 Å². The lowest BCUT2D eigenvalue weighted by Gasteiger charge is -2.29. The first kappa shape index (κ1) is 13.5. The van der Waals surface area contributed by atoms with Gasteiger partial charge in [0.25, 0.3) is 0 Å². The zero-order valence-electron chi connectivity index (χ0n) is 9.88. The second-order valence-corrected chi connectivity index (χ2v) is 6.37. The highest BCUT2D eigenvalue weighted by atomic mass is 32.2. The molecule has 0 saturated carbocycles. The minimum atomic E-state index is -3.56. The van der Waals surface area contributed by atoms with Crippen molar-refractivity contribution in [3.63, 3.8) is 0 Å². The van der Waals surface area contributed by atoms with E-state index in [1.165, 1.54) is 12.1 Å². The van der Waals surface area contributed by atoms with Crippen molar-refractivity contribution in [2.75, 3.05) is 13.2 Å². The number of ether oxygens (including phenoxy) is 1. The normalized spacial score (nSPS) is 25.0. The van der Waals surface area contributed by atoms with Crippen LogP contribution in [0.25, 0.3) is 0 Å². The lowest BCUT2D eigenvalue weighted by atomic mass is 9.93. The van der Waals surface area contributed by atoms with Gasteiger partial charge in [-0.05, 0) is 30.5 Å². The van der Waals surface area contributed by atoms with Gasteiger partial charge in [0, 0.05) is 12.5 Å². The van der Waals surface area contributed by atoms with E-state index in [0.29, 0.717) is 26.1 Å². The first-order valence-electron chi connectivity index (χ1n) is 5.80. The molecule has 2 N–H and O–H groups in total. The monoisotopic (exact) mass is 273 g/mol. The molecule has 1 aliphatic heterocycles. The minimum absolute atomic E-state index is 0.167. The van der Waals surface area contributed by atoms with Gasteiger partial charge in [-0.25, -0.2) is 17.9 Å². The molecular formula is C12H16FNO3S. The van der Waals surface area contributed by atoms with E-state index < -0.39 is 15.3 Å². The fourth-order valence-electron chi connectivity index (χ4n) is 2.32. The van der Waals surface area contributed by atoms with Crippen molar-refractivity contribution < 1.29 is 17.5 Å². The maximum absolute atomic E-state index is 12.8. The summed E-state index contributed by atoms with van der Waals surface area (Å²) in [7, 11) is -3.56. The molecule has 6 heteroatoms. The molecule has 0 amide bonds. The molecule has 0 unspecified atom stereocenters. The van der Waals surface area contributed by atoms with E-state index in [0.717, 1.165) is 5.56 Å². The predicted molar refractivity (Wildman–Crippen MR) is 65.9 cm³/mol. The van der Waals surface area contributed by atoms with Crippen molar-refractivity contribution >= 4 is 10.0 Å². The van der Waals surface area contributed by atoms with Crippen LogP contribution in [-0.2, 0) is 21.2 Å². The molecule has 0 spiro atoms. The van der Waals surface area contributed by atoms with Gasteiger partial charge in [-0.3, -0.25) is 0 Å². The Morgan fingerprint density at radius 1 is 1.33 bits per heavy atom. The molecule has 2 atom stereocenters. The topological polar surface area (TPSA) is 69.4 Å². The number of sulfonamides is 1.